The van der Waals surface area contributed by atoms with Crippen LogP contribution in [0.3, 0.4) is 0 Å². The number of benzene rings is 3. The maximum atomic E-state index is 14.0. The summed E-state index contributed by atoms with van der Waals surface area (Å²) in [5, 5.41) is 3.77. The molecule has 0 bridgehead atoms. The third kappa shape index (κ3) is 8.21. The van der Waals surface area contributed by atoms with Gasteiger partial charge in [-0.2, -0.15) is 0 Å². The topological polar surface area (TPSA) is 86.8 Å². The van der Waals surface area contributed by atoms with Crippen LogP contribution in [-0.4, -0.2) is 44.3 Å². The van der Waals surface area contributed by atoms with E-state index in [1.807, 2.05) is 20.8 Å². The summed E-state index contributed by atoms with van der Waals surface area (Å²) in [5.74, 6) is -0.606. The first kappa shape index (κ1) is 30.5. The molecule has 10 heteroatoms. The lowest BCUT2D eigenvalue weighted by Gasteiger charge is -2.33. The van der Waals surface area contributed by atoms with Gasteiger partial charge < -0.3 is 10.2 Å². The molecule has 0 aliphatic heterocycles. The van der Waals surface area contributed by atoms with Crippen molar-refractivity contribution in [3.8, 4) is 0 Å². The van der Waals surface area contributed by atoms with Gasteiger partial charge in [-0.25, -0.2) is 8.42 Å². The van der Waals surface area contributed by atoms with Crippen LogP contribution in [0.15, 0.2) is 83.8 Å². The third-order valence-corrected chi connectivity index (χ3v) is 8.32. The summed E-state index contributed by atoms with van der Waals surface area (Å²) in [6, 6.07) is 20.3. The number of halogens is 2. The first-order chi connectivity index (χ1) is 18.5. The maximum Gasteiger partial charge on any atom is 0.264 e. The number of rotatable bonds is 12. The number of hydrogen-bond donors (Lipinski definition) is 1. The van der Waals surface area contributed by atoms with E-state index in [1.165, 1.54) is 23.1 Å². The van der Waals surface area contributed by atoms with Crippen LogP contribution in [0.25, 0.3) is 0 Å². The molecule has 0 aliphatic rings. The van der Waals surface area contributed by atoms with E-state index < -0.39 is 28.5 Å². The van der Waals surface area contributed by atoms with Crippen LogP contribution in [0.1, 0.15) is 32.8 Å². The zero-order valence-corrected chi connectivity index (χ0v) is 24.5. The van der Waals surface area contributed by atoms with Crippen LogP contribution >= 0.6 is 23.2 Å². The normalized spacial score (nSPS) is 12.2. The molecule has 39 heavy (non-hydrogen) atoms. The minimum atomic E-state index is -4.14. The van der Waals surface area contributed by atoms with Crippen LogP contribution in [0, 0.1) is 5.92 Å². The van der Waals surface area contributed by atoms with Crippen molar-refractivity contribution in [3.05, 3.63) is 94.5 Å². The van der Waals surface area contributed by atoms with Gasteiger partial charge in [0, 0.05) is 23.1 Å². The molecule has 0 fully saturated rings. The molecule has 2 amide bonds. The molecule has 1 N–H and O–H groups in total. The monoisotopic (exact) mass is 589 g/mol. The summed E-state index contributed by atoms with van der Waals surface area (Å²) in [6.45, 7) is 5.80. The second-order valence-electron chi connectivity index (χ2n) is 9.52. The highest BCUT2D eigenvalue weighted by atomic mass is 35.5. The van der Waals surface area contributed by atoms with E-state index in [1.54, 1.807) is 60.7 Å². The van der Waals surface area contributed by atoms with Gasteiger partial charge in [0.2, 0.25) is 11.8 Å². The number of nitrogens with one attached hydrogen (secondary N) is 1. The number of sulfonamides is 1. The van der Waals surface area contributed by atoms with Gasteiger partial charge in [0.1, 0.15) is 12.6 Å². The molecule has 0 heterocycles. The molecule has 0 radical (unpaired) electrons. The Labute approximate surface area is 240 Å². The van der Waals surface area contributed by atoms with Crippen molar-refractivity contribution in [3.63, 3.8) is 0 Å². The summed E-state index contributed by atoms with van der Waals surface area (Å²) in [4.78, 5) is 28.7. The average Bonchev–Trinajstić information content (AvgIpc) is 2.91. The van der Waals surface area contributed by atoms with Gasteiger partial charge in [0.15, 0.2) is 0 Å². The van der Waals surface area contributed by atoms with Crippen LogP contribution in [0.4, 0.5) is 5.69 Å². The van der Waals surface area contributed by atoms with Crippen LogP contribution in [0.2, 0.25) is 10.0 Å². The van der Waals surface area contributed by atoms with Gasteiger partial charge in [0.05, 0.1) is 10.6 Å². The summed E-state index contributed by atoms with van der Waals surface area (Å²) >= 11 is 12.2. The van der Waals surface area contributed by atoms with E-state index in [4.69, 9.17) is 23.2 Å². The van der Waals surface area contributed by atoms with Gasteiger partial charge >= 0.3 is 0 Å². The lowest BCUT2D eigenvalue weighted by molar-refractivity contribution is -0.140. The predicted octanol–water partition coefficient (Wildman–Crippen LogP) is 5.77. The van der Waals surface area contributed by atoms with Crippen molar-refractivity contribution >= 4 is 50.7 Å². The SMILES string of the molecule is CC[C@@H](C(=O)NCC(C)C)N(Cc1ccc(Cl)cc1)C(=O)CN(c1cccc(Cl)c1)S(=O)(=O)c1ccccc1. The molecule has 0 aromatic heterocycles. The molecule has 0 aliphatic carbocycles. The second-order valence-corrected chi connectivity index (χ2v) is 12.3. The fourth-order valence-corrected chi connectivity index (χ4v) is 5.75. The average molecular weight is 591 g/mol. The Morgan fingerprint density at radius 1 is 0.897 bits per heavy atom. The molecular formula is C29H33Cl2N3O4S. The Morgan fingerprint density at radius 3 is 2.15 bits per heavy atom. The maximum absolute atomic E-state index is 14.0. The van der Waals surface area contributed by atoms with Crippen molar-refractivity contribution in [2.24, 2.45) is 5.92 Å². The first-order valence-electron chi connectivity index (χ1n) is 12.7. The molecule has 0 saturated heterocycles. The number of hydrogen-bond acceptors (Lipinski definition) is 4. The Hall–Kier alpha value is -3.07. The quantitative estimate of drug-likeness (QED) is 0.290. The molecule has 208 valence electrons. The molecule has 0 unspecified atom stereocenters. The highest BCUT2D eigenvalue weighted by Crippen LogP contribution is 2.27. The minimum absolute atomic E-state index is 0.0312. The first-order valence-corrected chi connectivity index (χ1v) is 14.9. The Balaban J connectivity index is 2.03. The zero-order chi connectivity index (χ0) is 28.6. The smallest absolute Gasteiger partial charge is 0.264 e. The highest BCUT2D eigenvalue weighted by molar-refractivity contribution is 7.92. The molecule has 7 nitrogen and oxygen atoms in total. The predicted molar refractivity (Wildman–Crippen MR) is 156 cm³/mol. The van der Waals surface area contributed by atoms with Crippen molar-refractivity contribution in [1.82, 2.24) is 10.2 Å². The van der Waals surface area contributed by atoms with E-state index in [0.717, 1.165) is 9.87 Å². The summed E-state index contributed by atoms with van der Waals surface area (Å²) < 4.78 is 28.6. The van der Waals surface area contributed by atoms with E-state index in [0.29, 0.717) is 23.0 Å². The lowest BCUT2D eigenvalue weighted by atomic mass is 10.1. The molecule has 1 atom stereocenters. The molecule has 3 aromatic rings. The Kier molecular flexibility index (Phi) is 10.8. The fourth-order valence-electron chi connectivity index (χ4n) is 4.01. The van der Waals surface area contributed by atoms with E-state index in [9.17, 15) is 18.0 Å². The van der Waals surface area contributed by atoms with E-state index in [-0.39, 0.29) is 29.0 Å². The van der Waals surface area contributed by atoms with Crippen molar-refractivity contribution in [1.29, 1.82) is 0 Å². The van der Waals surface area contributed by atoms with Crippen LogP contribution in [0.5, 0.6) is 0 Å². The summed E-state index contributed by atoms with van der Waals surface area (Å²) in [5.41, 5.74) is 0.992. The third-order valence-electron chi connectivity index (χ3n) is 6.04. The van der Waals surface area contributed by atoms with Gasteiger partial charge in [-0.15, -0.1) is 0 Å². The van der Waals surface area contributed by atoms with Crippen molar-refractivity contribution in [2.75, 3.05) is 17.4 Å². The van der Waals surface area contributed by atoms with Gasteiger partial charge in [0.25, 0.3) is 10.0 Å². The second kappa shape index (κ2) is 13.8. The zero-order valence-electron chi connectivity index (χ0n) is 22.2. The number of amides is 2. The molecular weight excluding hydrogens is 557 g/mol. The summed E-state index contributed by atoms with van der Waals surface area (Å²) in [6.07, 6.45) is 0.339. The number of nitrogens with zero attached hydrogens (tertiary/aromatic N) is 2. The lowest BCUT2D eigenvalue weighted by Crippen LogP contribution is -2.52. The van der Waals surface area contributed by atoms with Crippen LogP contribution < -0.4 is 9.62 Å². The minimum Gasteiger partial charge on any atom is -0.354 e. The number of carbonyl (C=O) groups excluding carboxylic acids is 2. The number of anilines is 1. The Bertz CT molecular complexity index is 1370. The van der Waals surface area contributed by atoms with E-state index >= 15 is 0 Å². The highest BCUT2D eigenvalue weighted by Gasteiger charge is 2.33. The molecule has 0 saturated carbocycles. The molecule has 3 aromatic carbocycles. The van der Waals surface area contributed by atoms with Crippen molar-refractivity contribution in [2.45, 2.75) is 44.7 Å². The molecule has 3 rings (SSSR count). The van der Waals surface area contributed by atoms with Crippen molar-refractivity contribution < 1.29 is 18.0 Å². The van der Waals surface area contributed by atoms with E-state index in [2.05, 4.69) is 5.32 Å². The Morgan fingerprint density at radius 2 is 1.56 bits per heavy atom. The largest absolute Gasteiger partial charge is 0.354 e. The van der Waals surface area contributed by atoms with Gasteiger partial charge in [-0.05, 0) is 60.4 Å². The number of carbonyl (C=O) groups is 2. The van der Waals surface area contributed by atoms with Crippen LogP contribution in [-0.2, 0) is 26.2 Å². The summed E-state index contributed by atoms with van der Waals surface area (Å²) in [7, 11) is -4.14. The molecule has 0 spiro atoms. The standard InChI is InChI=1S/C29H33Cl2N3O4S/c1-4-27(29(36)32-18-21(2)3)33(19-22-13-15-23(30)16-14-22)28(35)20-34(25-10-8-9-24(31)17-25)39(37,38)26-11-6-5-7-12-26/h5-17,21,27H,4,18-20H2,1-3H3,(H,32,36)/t27-/m0/s1. The van der Waals surface area contributed by atoms with Gasteiger partial charge in [-0.3, -0.25) is 13.9 Å². The fraction of sp³-hybridized carbons (Fsp3) is 0.310. The van der Waals surface area contributed by atoms with Gasteiger partial charge in [-0.1, -0.05) is 80.4 Å².